The molecule has 1 aliphatic rings. The van der Waals surface area contributed by atoms with Crippen LogP contribution < -0.4 is 5.32 Å². The van der Waals surface area contributed by atoms with Crippen LogP contribution in [0, 0.1) is 5.92 Å². The van der Waals surface area contributed by atoms with Crippen molar-refractivity contribution in [2.45, 2.75) is 38.1 Å². The summed E-state index contributed by atoms with van der Waals surface area (Å²) in [7, 11) is 0. The minimum absolute atomic E-state index is 0.0652. The van der Waals surface area contributed by atoms with Crippen LogP contribution >= 0.6 is 43.2 Å². The van der Waals surface area contributed by atoms with Crippen LogP contribution in [-0.2, 0) is 4.79 Å². The predicted octanol–water partition coefficient (Wildman–Crippen LogP) is 4.04. The van der Waals surface area contributed by atoms with E-state index in [-0.39, 0.29) is 11.8 Å². The Morgan fingerprint density at radius 2 is 2.15 bits per heavy atom. The van der Waals surface area contributed by atoms with E-state index in [2.05, 4.69) is 37.2 Å². The van der Waals surface area contributed by atoms with Crippen molar-refractivity contribution >= 4 is 55.1 Å². The van der Waals surface area contributed by atoms with E-state index in [1.54, 1.807) is 6.07 Å². The molecule has 2 atom stereocenters. The van der Waals surface area contributed by atoms with E-state index < -0.39 is 11.5 Å². The van der Waals surface area contributed by atoms with Crippen LogP contribution in [0.4, 0.5) is 0 Å². The van der Waals surface area contributed by atoms with Gasteiger partial charge in [-0.05, 0) is 56.7 Å². The molecular weight excluding hydrogens is 410 g/mol. The third-order valence-corrected chi connectivity index (χ3v) is 7.14. The van der Waals surface area contributed by atoms with Crippen molar-refractivity contribution in [3.05, 3.63) is 19.2 Å². The molecule has 0 bridgehead atoms. The standard InChI is InChI=1S/C13H15Br2NO3S/c1-7-4-2-3-5-13(7,12(18)19)16-11(17)9-6-8(14)10(15)20-9/h6-7H,2-5H2,1H3,(H,16,17)(H,18,19). The Balaban J connectivity index is 2.24. The summed E-state index contributed by atoms with van der Waals surface area (Å²) in [6, 6.07) is 1.70. The van der Waals surface area contributed by atoms with E-state index in [4.69, 9.17) is 0 Å². The molecule has 20 heavy (non-hydrogen) atoms. The number of amides is 1. The van der Waals surface area contributed by atoms with Gasteiger partial charge in [-0.2, -0.15) is 0 Å². The fourth-order valence-electron chi connectivity index (χ4n) is 2.63. The Kier molecular flexibility index (Phi) is 4.92. The van der Waals surface area contributed by atoms with Crippen LogP contribution in [0.5, 0.6) is 0 Å². The molecule has 2 rings (SSSR count). The first-order valence-electron chi connectivity index (χ1n) is 6.37. The van der Waals surface area contributed by atoms with Crippen molar-refractivity contribution in [1.29, 1.82) is 0 Å². The van der Waals surface area contributed by atoms with Crippen molar-refractivity contribution in [2.75, 3.05) is 0 Å². The van der Waals surface area contributed by atoms with Crippen molar-refractivity contribution in [3.8, 4) is 0 Å². The molecule has 1 aromatic rings. The fraction of sp³-hybridized carbons (Fsp3) is 0.538. The van der Waals surface area contributed by atoms with E-state index >= 15 is 0 Å². The number of carbonyl (C=O) groups is 2. The maximum Gasteiger partial charge on any atom is 0.329 e. The Morgan fingerprint density at radius 1 is 1.45 bits per heavy atom. The van der Waals surface area contributed by atoms with Gasteiger partial charge in [0.05, 0.1) is 8.66 Å². The molecule has 1 amide bonds. The van der Waals surface area contributed by atoms with Crippen molar-refractivity contribution < 1.29 is 14.7 Å². The van der Waals surface area contributed by atoms with Crippen LogP contribution in [-0.4, -0.2) is 22.5 Å². The highest BCUT2D eigenvalue weighted by Gasteiger charge is 2.46. The summed E-state index contributed by atoms with van der Waals surface area (Å²) in [6.07, 6.45) is 3.16. The molecule has 4 nitrogen and oxygen atoms in total. The number of aliphatic carboxylic acids is 1. The molecule has 110 valence electrons. The highest BCUT2D eigenvalue weighted by molar-refractivity contribution is 9.13. The molecule has 0 aliphatic heterocycles. The molecule has 7 heteroatoms. The van der Waals surface area contributed by atoms with Crippen LogP contribution in [0.1, 0.15) is 42.3 Å². The number of carbonyl (C=O) groups excluding carboxylic acids is 1. The molecule has 0 saturated heterocycles. The first kappa shape index (κ1) is 16.0. The molecule has 0 aromatic carbocycles. The Hall–Kier alpha value is -0.400. The van der Waals surface area contributed by atoms with Gasteiger partial charge in [-0.25, -0.2) is 4.79 Å². The summed E-state index contributed by atoms with van der Waals surface area (Å²) < 4.78 is 1.62. The lowest BCUT2D eigenvalue weighted by atomic mass is 9.73. The maximum atomic E-state index is 12.3. The second-order valence-electron chi connectivity index (χ2n) is 5.11. The van der Waals surface area contributed by atoms with Crippen LogP contribution in [0.15, 0.2) is 14.3 Å². The van der Waals surface area contributed by atoms with Crippen molar-refractivity contribution in [3.63, 3.8) is 0 Å². The van der Waals surface area contributed by atoms with Gasteiger partial charge in [0.25, 0.3) is 5.91 Å². The molecule has 2 unspecified atom stereocenters. The minimum Gasteiger partial charge on any atom is -0.479 e. The predicted molar refractivity (Wildman–Crippen MR) is 85.2 cm³/mol. The first-order chi connectivity index (χ1) is 9.36. The lowest BCUT2D eigenvalue weighted by Gasteiger charge is -2.39. The number of carboxylic acids is 1. The number of hydrogen-bond donors (Lipinski definition) is 2. The summed E-state index contributed by atoms with van der Waals surface area (Å²) in [5, 5.41) is 12.4. The number of hydrogen-bond acceptors (Lipinski definition) is 3. The molecule has 2 N–H and O–H groups in total. The van der Waals surface area contributed by atoms with Gasteiger partial charge in [0.1, 0.15) is 5.54 Å². The topological polar surface area (TPSA) is 66.4 Å². The number of thiophene rings is 1. The average molecular weight is 425 g/mol. The third kappa shape index (κ3) is 2.94. The molecule has 0 radical (unpaired) electrons. The normalized spacial score (nSPS) is 26.2. The second kappa shape index (κ2) is 6.15. The third-order valence-electron chi connectivity index (χ3n) is 3.89. The van der Waals surface area contributed by atoms with E-state index in [9.17, 15) is 14.7 Å². The van der Waals surface area contributed by atoms with Gasteiger partial charge in [-0.1, -0.05) is 19.8 Å². The summed E-state index contributed by atoms with van der Waals surface area (Å²) in [5.41, 5.74) is -1.14. The number of carboxylic acid groups (broad SMARTS) is 1. The molecule has 1 aliphatic carbocycles. The van der Waals surface area contributed by atoms with Gasteiger partial charge < -0.3 is 10.4 Å². The summed E-state index contributed by atoms with van der Waals surface area (Å²) in [4.78, 5) is 24.5. The SMILES string of the molecule is CC1CCCCC1(NC(=O)c1cc(Br)c(Br)s1)C(=O)O. The molecule has 0 spiro atoms. The Morgan fingerprint density at radius 3 is 2.65 bits per heavy atom. The quantitative estimate of drug-likeness (QED) is 0.769. The summed E-state index contributed by atoms with van der Waals surface area (Å²) in [5.74, 6) is -1.32. The van der Waals surface area contributed by atoms with Gasteiger partial charge in [0.2, 0.25) is 0 Å². The van der Waals surface area contributed by atoms with Gasteiger partial charge >= 0.3 is 5.97 Å². The highest BCUT2D eigenvalue weighted by Crippen LogP contribution is 2.36. The number of rotatable bonds is 3. The summed E-state index contributed by atoms with van der Waals surface area (Å²) >= 11 is 7.96. The zero-order chi connectivity index (χ0) is 14.9. The lowest BCUT2D eigenvalue weighted by molar-refractivity contribution is -0.148. The fourth-order valence-corrected chi connectivity index (χ4v) is 4.56. The van der Waals surface area contributed by atoms with Crippen molar-refractivity contribution in [2.24, 2.45) is 5.92 Å². The van der Waals surface area contributed by atoms with Gasteiger partial charge in [0, 0.05) is 4.47 Å². The van der Waals surface area contributed by atoms with Crippen LogP contribution in [0.2, 0.25) is 0 Å². The lowest BCUT2D eigenvalue weighted by Crippen LogP contribution is -2.59. The minimum atomic E-state index is -1.14. The molecule has 1 aromatic heterocycles. The van der Waals surface area contributed by atoms with Gasteiger partial charge in [0.15, 0.2) is 0 Å². The van der Waals surface area contributed by atoms with E-state index in [0.29, 0.717) is 11.3 Å². The molecule has 1 heterocycles. The first-order valence-corrected chi connectivity index (χ1v) is 8.78. The molecule has 1 fully saturated rings. The zero-order valence-corrected chi connectivity index (χ0v) is 14.9. The van der Waals surface area contributed by atoms with Crippen molar-refractivity contribution in [1.82, 2.24) is 5.32 Å². The van der Waals surface area contributed by atoms with E-state index in [1.807, 2.05) is 6.92 Å². The average Bonchev–Trinajstić information content (AvgIpc) is 2.72. The maximum absolute atomic E-state index is 12.3. The largest absolute Gasteiger partial charge is 0.479 e. The number of nitrogens with one attached hydrogen (secondary N) is 1. The zero-order valence-electron chi connectivity index (χ0n) is 10.9. The highest BCUT2D eigenvalue weighted by atomic mass is 79.9. The number of halogens is 2. The summed E-state index contributed by atoms with van der Waals surface area (Å²) in [6.45, 7) is 1.90. The van der Waals surface area contributed by atoms with Crippen LogP contribution in [0.3, 0.4) is 0 Å². The Bertz CT molecular complexity index is 526. The van der Waals surface area contributed by atoms with Gasteiger partial charge in [-0.15, -0.1) is 11.3 Å². The Labute approximate surface area is 138 Å². The monoisotopic (exact) mass is 423 g/mol. The molecular formula is C13H15Br2NO3S. The second-order valence-corrected chi connectivity index (χ2v) is 8.33. The molecule has 1 saturated carbocycles. The van der Waals surface area contributed by atoms with E-state index in [1.165, 1.54) is 11.3 Å². The van der Waals surface area contributed by atoms with Gasteiger partial charge in [-0.3, -0.25) is 4.79 Å². The van der Waals surface area contributed by atoms with Crippen LogP contribution in [0.25, 0.3) is 0 Å². The van der Waals surface area contributed by atoms with E-state index in [0.717, 1.165) is 27.5 Å². The smallest absolute Gasteiger partial charge is 0.329 e.